The predicted octanol–water partition coefficient (Wildman–Crippen LogP) is 0.747. The zero-order valence-corrected chi connectivity index (χ0v) is 17.1. The first-order valence-electron chi connectivity index (χ1n) is 9.89. The molecule has 2 aliphatic rings. The van der Waals surface area contributed by atoms with Crippen molar-refractivity contribution in [1.82, 2.24) is 20.4 Å². The molecule has 0 saturated carbocycles. The number of para-hydroxylation sites is 1. The van der Waals surface area contributed by atoms with Crippen LogP contribution in [0.1, 0.15) is 12.8 Å². The molecule has 3 rings (SSSR count). The Morgan fingerprint density at radius 1 is 1.14 bits per heavy atom. The van der Waals surface area contributed by atoms with Crippen molar-refractivity contribution in [3.8, 4) is 5.75 Å². The van der Waals surface area contributed by atoms with Gasteiger partial charge in [0.1, 0.15) is 5.75 Å². The molecular weight excluding hydrogens is 380 g/mol. The van der Waals surface area contributed by atoms with Crippen LogP contribution < -0.4 is 15.4 Å². The maximum Gasteiger partial charge on any atom is 0.260 e. The van der Waals surface area contributed by atoms with Gasteiger partial charge in [-0.2, -0.15) is 0 Å². The number of benzene rings is 1. The minimum atomic E-state index is -0.123. The fourth-order valence-corrected chi connectivity index (χ4v) is 3.59. The van der Waals surface area contributed by atoms with Crippen LogP contribution in [0, 0.1) is 5.92 Å². The quantitative estimate of drug-likeness (QED) is 0.693. The third-order valence-electron chi connectivity index (χ3n) is 5.19. The summed E-state index contributed by atoms with van der Waals surface area (Å²) in [7, 11) is 0. The van der Waals surface area contributed by atoms with E-state index >= 15 is 0 Å². The van der Waals surface area contributed by atoms with E-state index in [1.54, 1.807) is 4.90 Å². The van der Waals surface area contributed by atoms with Crippen LogP contribution in [0.25, 0.3) is 0 Å². The molecule has 7 nitrogen and oxygen atoms in total. The number of ether oxygens (including phenoxy) is 1. The van der Waals surface area contributed by atoms with E-state index in [1.165, 1.54) is 0 Å². The molecule has 8 heteroatoms. The molecule has 2 N–H and O–H groups in total. The molecule has 2 fully saturated rings. The maximum atomic E-state index is 12.5. The van der Waals surface area contributed by atoms with Gasteiger partial charge in [-0.05, 0) is 25.0 Å². The molecule has 1 aromatic carbocycles. The number of likely N-dealkylation sites (tertiary alicyclic amines) is 1. The fourth-order valence-electron chi connectivity index (χ4n) is 3.59. The molecule has 0 spiro atoms. The monoisotopic (exact) mass is 410 g/mol. The Morgan fingerprint density at radius 3 is 2.64 bits per heavy atom. The number of carbonyl (C=O) groups is 2. The van der Waals surface area contributed by atoms with Gasteiger partial charge in [-0.3, -0.25) is 14.5 Å². The van der Waals surface area contributed by atoms with Gasteiger partial charge in [0.25, 0.3) is 5.91 Å². The van der Waals surface area contributed by atoms with Crippen molar-refractivity contribution in [2.75, 3.05) is 59.0 Å². The van der Waals surface area contributed by atoms with Crippen LogP contribution in [0.5, 0.6) is 5.75 Å². The Kier molecular flexibility index (Phi) is 9.54. The first kappa shape index (κ1) is 22.5. The Morgan fingerprint density at radius 2 is 1.89 bits per heavy atom. The summed E-state index contributed by atoms with van der Waals surface area (Å²) in [5.41, 5.74) is 0. The molecule has 0 bridgehead atoms. The van der Waals surface area contributed by atoms with Gasteiger partial charge in [0, 0.05) is 52.4 Å². The van der Waals surface area contributed by atoms with E-state index in [-0.39, 0.29) is 36.7 Å². The van der Waals surface area contributed by atoms with Crippen molar-refractivity contribution in [2.24, 2.45) is 5.92 Å². The average molecular weight is 411 g/mol. The number of hydrogen-bond donors (Lipinski definition) is 2. The number of nitrogens with one attached hydrogen (secondary N) is 2. The second-order valence-electron chi connectivity index (χ2n) is 7.16. The fraction of sp³-hybridized carbons (Fsp3) is 0.600. The highest BCUT2D eigenvalue weighted by Gasteiger charge is 2.28. The molecule has 1 atom stereocenters. The number of carbonyl (C=O) groups excluding carboxylic acids is 2. The van der Waals surface area contributed by atoms with Gasteiger partial charge in [-0.1, -0.05) is 18.2 Å². The summed E-state index contributed by atoms with van der Waals surface area (Å²) < 4.78 is 5.55. The van der Waals surface area contributed by atoms with Gasteiger partial charge in [0.2, 0.25) is 5.91 Å². The topological polar surface area (TPSA) is 73.9 Å². The molecule has 0 aliphatic carbocycles. The van der Waals surface area contributed by atoms with Gasteiger partial charge < -0.3 is 20.3 Å². The number of hydrogen-bond acceptors (Lipinski definition) is 5. The summed E-state index contributed by atoms with van der Waals surface area (Å²) in [6, 6.07) is 9.32. The zero-order chi connectivity index (χ0) is 18.9. The lowest BCUT2D eigenvalue weighted by Gasteiger charge is -2.32. The van der Waals surface area contributed by atoms with Crippen LogP contribution in [-0.4, -0.2) is 80.6 Å². The van der Waals surface area contributed by atoms with E-state index < -0.39 is 0 Å². The van der Waals surface area contributed by atoms with Crippen LogP contribution in [0.15, 0.2) is 30.3 Å². The smallest absolute Gasteiger partial charge is 0.260 e. The number of nitrogens with zero attached hydrogens (tertiary/aromatic N) is 2. The highest BCUT2D eigenvalue weighted by atomic mass is 35.5. The summed E-state index contributed by atoms with van der Waals surface area (Å²) in [5, 5.41) is 6.37. The van der Waals surface area contributed by atoms with Crippen molar-refractivity contribution < 1.29 is 14.3 Å². The summed E-state index contributed by atoms with van der Waals surface area (Å²) >= 11 is 0. The standard InChI is InChI=1S/C20H30N4O3.ClH/c25-19(16-27-18-6-2-1-3-7-18)24-11-4-5-17(15-24)20(26)22-10-14-23-12-8-21-9-13-23;/h1-3,6-7,17,21H,4-5,8-16H2,(H,22,26);1H. The molecular formula is C20H31ClN4O3. The molecule has 2 saturated heterocycles. The number of halogens is 1. The molecule has 1 aromatic rings. The van der Waals surface area contributed by atoms with E-state index in [0.29, 0.717) is 25.4 Å². The van der Waals surface area contributed by atoms with E-state index in [0.717, 1.165) is 45.6 Å². The minimum absolute atomic E-state index is 0. The van der Waals surface area contributed by atoms with E-state index in [1.807, 2.05) is 30.3 Å². The second kappa shape index (κ2) is 11.9. The molecule has 0 aromatic heterocycles. The Bertz CT molecular complexity index is 611. The van der Waals surface area contributed by atoms with Crippen molar-refractivity contribution in [1.29, 1.82) is 0 Å². The first-order chi connectivity index (χ1) is 13.2. The largest absolute Gasteiger partial charge is 0.484 e. The third-order valence-corrected chi connectivity index (χ3v) is 5.19. The summed E-state index contributed by atoms with van der Waals surface area (Å²) in [4.78, 5) is 29.0. The lowest BCUT2D eigenvalue weighted by molar-refractivity contribution is -0.137. The molecule has 0 radical (unpaired) electrons. The van der Waals surface area contributed by atoms with Crippen LogP contribution in [-0.2, 0) is 9.59 Å². The second-order valence-corrected chi connectivity index (χ2v) is 7.16. The van der Waals surface area contributed by atoms with Crippen molar-refractivity contribution in [3.05, 3.63) is 30.3 Å². The Labute approximate surface area is 173 Å². The number of piperazine rings is 1. The normalized spacial score (nSPS) is 20.1. The summed E-state index contributed by atoms with van der Waals surface area (Å²) in [6.45, 7) is 6.83. The highest BCUT2D eigenvalue weighted by molar-refractivity contribution is 5.85. The lowest BCUT2D eigenvalue weighted by Crippen LogP contribution is -2.49. The van der Waals surface area contributed by atoms with E-state index in [9.17, 15) is 9.59 Å². The van der Waals surface area contributed by atoms with Gasteiger partial charge >= 0.3 is 0 Å². The number of rotatable bonds is 7. The third kappa shape index (κ3) is 6.96. The molecule has 2 heterocycles. The van der Waals surface area contributed by atoms with Crippen LogP contribution in [0.4, 0.5) is 0 Å². The van der Waals surface area contributed by atoms with Gasteiger partial charge in [-0.25, -0.2) is 0 Å². The minimum Gasteiger partial charge on any atom is -0.484 e. The van der Waals surface area contributed by atoms with E-state index in [2.05, 4.69) is 15.5 Å². The van der Waals surface area contributed by atoms with Gasteiger partial charge in [-0.15, -0.1) is 12.4 Å². The molecule has 2 aliphatic heterocycles. The number of piperidine rings is 1. The van der Waals surface area contributed by atoms with Crippen molar-refractivity contribution in [2.45, 2.75) is 12.8 Å². The number of amides is 2. The molecule has 2 amide bonds. The highest BCUT2D eigenvalue weighted by Crippen LogP contribution is 2.17. The SMILES string of the molecule is Cl.O=C(NCCN1CCNCC1)C1CCCN(C(=O)COc2ccccc2)C1. The zero-order valence-electron chi connectivity index (χ0n) is 16.3. The Balaban J connectivity index is 0.00000280. The van der Waals surface area contributed by atoms with Crippen molar-refractivity contribution in [3.63, 3.8) is 0 Å². The lowest BCUT2D eigenvalue weighted by atomic mass is 9.97. The van der Waals surface area contributed by atoms with Crippen molar-refractivity contribution >= 4 is 24.2 Å². The Hall–Kier alpha value is -1.83. The van der Waals surface area contributed by atoms with Crippen LogP contribution in [0.2, 0.25) is 0 Å². The first-order valence-corrected chi connectivity index (χ1v) is 9.89. The van der Waals surface area contributed by atoms with Gasteiger partial charge in [0.05, 0.1) is 5.92 Å². The van der Waals surface area contributed by atoms with Crippen LogP contribution in [0.3, 0.4) is 0 Å². The molecule has 28 heavy (non-hydrogen) atoms. The summed E-state index contributed by atoms with van der Waals surface area (Å²) in [5.74, 6) is 0.566. The van der Waals surface area contributed by atoms with Gasteiger partial charge in [0.15, 0.2) is 6.61 Å². The predicted molar refractivity (Wildman–Crippen MR) is 111 cm³/mol. The van der Waals surface area contributed by atoms with E-state index in [4.69, 9.17) is 4.74 Å². The summed E-state index contributed by atoms with van der Waals surface area (Å²) in [6.07, 6.45) is 1.69. The molecule has 156 valence electrons. The average Bonchev–Trinajstić information content (AvgIpc) is 2.73. The molecule has 1 unspecified atom stereocenters. The maximum absolute atomic E-state index is 12.5. The van der Waals surface area contributed by atoms with Crippen LogP contribution >= 0.6 is 12.4 Å².